The third kappa shape index (κ3) is 4.23. The van der Waals surface area contributed by atoms with Crippen molar-refractivity contribution in [2.45, 2.75) is 38.6 Å². The average Bonchev–Trinajstić information content (AvgIpc) is 2.74. The first-order valence-electron chi connectivity index (χ1n) is 7.39. The molecule has 2 saturated heterocycles. The molecule has 0 bridgehead atoms. The molecule has 1 N–H and O–H groups in total. The Morgan fingerprint density at radius 1 is 1.29 bits per heavy atom. The number of hydrogen-bond acceptors (Lipinski definition) is 3. The lowest BCUT2D eigenvalue weighted by molar-refractivity contribution is 0.196. The first kappa shape index (κ1) is 13.3. The summed E-state index contributed by atoms with van der Waals surface area (Å²) in [4.78, 5) is 5.18. The fraction of sp³-hybridized carbons (Fsp3) is 1.00. The third-order valence-corrected chi connectivity index (χ3v) is 4.40. The molecular weight excluding hydrogens is 210 g/mol. The van der Waals surface area contributed by atoms with Crippen LogP contribution < -0.4 is 5.32 Å². The molecule has 2 heterocycles. The van der Waals surface area contributed by atoms with Crippen LogP contribution in [0.25, 0.3) is 0 Å². The molecule has 0 aromatic heterocycles. The second-order valence-corrected chi connectivity index (χ2v) is 6.00. The summed E-state index contributed by atoms with van der Waals surface area (Å²) >= 11 is 0. The van der Waals surface area contributed by atoms with E-state index < -0.39 is 0 Å². The fourth-order valence-electron chi connectivity index (χ4n) is 3.30. The van der Waals surface area contributed by atoms with Gasteiger partial charge in [0.1, 0.15) is 0 Å². The van der Waals surface area contributed by atoms with Gasteiger partial charge < -0.3 is 10.2 Å². The monoisotopic (exact) mass is 239 g/mol. The van der Waals surface area contributed by atoms with Gasteiger partial charge in [-0.05, 0) is 78.3 Å². The molecule has 0 aromatic carbocycles. The Kier molecular flexibility index (Phi) is 5.26. The van der Waals surface area contributed by atoms with Crippen molar-refractivity contribution in [3.8, 4) is 0 Å². The molecule has 2 fully saturated rings. The van der Waals surface area contributed by atoms with Crippen molar-refractivity contribution in [3.63, 3.8) is 0 Å². The maximum Gasteiger partial charge on any atom is 0.0194 e. The van der Waals surface area contributed by atoms with Crippen LogP contribution in [0.4, 0.5) is 0 Å². The van der Waals surface area contributed by atoms with E-state index in [-0.39, 0.29) is 0 Å². The van der Waals surface area contributed by atoms with Gasteiger partial charge in [0.15, 0.2) is 0 Å². The molecule has 0 aliphatic carbocycles. The average molecular weight is 239 g/mol. The molecular formula is C14H29N3. The van der Waals surface area contributed by atoms with Crippen LogP contribution in [0, 0.1) is 5.92 Å². The van der Waals surface area contributed by atoms with Crippen LogP contribution in [0.3, 0.4) is 0 Å². The molecule has 0 aromatic rings. The normalized spacial score (nSPS) is 32.8. The zero-order chi connectivity index (χ0) is 12.1. The van der Waals surface area contributed by atoms with Crippen molar-refractivity contribution in [1.29, 1.82) is 0 Å². The van der Waals surface area contributed by atoms with E-state index in [1.807, 2.05) is 0 Å². The number of rotatable bonds is 4. The zero-order valence-electron chi connectivity index (χ0n) is 11.6. The van der Waals surface area contributed by atoms with Gasteiger partial charge in [0, 0.05) is 12.6 Å². The molecule has 3 nitrogen and oxygen atoms in total. The summed E-state index contributed by atoms with van der Waals surface area (Å²) in [6.45, 7) is 10.0. The van der Waals surface area contributed by atoms with Crippen LogP contribution in [0.5, 0.6) is 0 Å². The van der Waals surface area contributed by atoms with Gasteiger partial charge in [0.2, 0.25) is 0 Å². The molecule has 2 aliphatic rings. The van der Waals surface area contributed by atoms with Gasteiger partial charge >= 0.3 is 0 Å². The molecule has 0 amide bonds. The van der Waals surface area contributed by atoms with Gasteiger partial charge in [-0.15, -0.1) is 0 Å². The van der Waals surface area contributed by atoms with Gasteiger partial charge in [0.25, 0.3) is 0 Å². The summed E-state index contributed by atoms with van der Waals surface area (Å²) in [6, 6.07) is 0.740. The highest BCUT2D eigenvalue weighted by molar-refractivity contribution is 4.76. The SMILES string of the molecule is CC1CN(C)CCCN1CCCC1CCNC1. The lowest BCUT2D eigenvalue weighted by atomic mass is 10.0. The lowest BCUT2D eigenvalue weighted by Gasteiger charge is -2.28. The smallest absolute Gasteiger partial charge is 0.0194 e. The van der Waals surface area contributed by atoms with E-state index in [9.17, 15) is 0 Å². The Balaban J connectivity index is 1.66. The van der Waals surface area contributed by atoms with E-state index in [4.69, 9.17) is 0 Å². The lowest BCUT2D eigenvalue weighted by Crippen LogP contribution is -2.38. The van der Waals surface area contributed by atoms with Crippen LogP contribution in [-0.4, -0.2) is 62.2 Å². The van der Waals surface area contributed by atoms with Gasteiger partial charge in [-0.1, -0.05) is 0 Å². The van der Waals surface area contributed by atoms with Crippen LogP contribution in [0.2, 0.25) is 0 Å². The Hall–Kier alpha value is -0.120. The molecule has 0 saturated carbocycles. The maximum absolute atomic E-state index is 3.47. The Morgan fingerprint density at radius 2 is 2.18 bits per heavy atom. The van der Waals surface area contributed by atoms with Crippen molar-refractivity contribution >= 4 is 0 Å². The van der Waals surface area contributed by atoms with Crippen LogP contribution in [0.15, 0.2) is 0 Å². The largest absolute Gasteiger partial charge is 0.316 e. The molecule has 2 atom stereocenters. The molecule has 2 aliphatic heterocycles. The zero-order valence-corrected chi connectivity index (χ0v) is 11.6. The van der Waals surface area contributed by atoms with Crippen LogP contribution in [-0.2, 0) is 0 Å². The minimum Gasteiger partial charge on any atom is -0.316 e. The predicted octanol–water partition coefficient (Wildman–Crippen LogP) is 1.40. The number of nitrogens with one attached hydrogen (secondary N) is 1. The van der Waals surface area contributed by atoms with E-state index in [0.717, 1.165) is 12.0 Å². The highest BCUT2D eigenvalue weighted by Crippen LogP contribution is 2.16. The second kappa shape index (κ2) is 6.72. The van der Waals surface area contributed by atoms with Crippen LogP contribution >= 0.6 is 0 Å². The summed E-state index contributed by atoms with van der Waals surface area (Å²) in [5.74, 6) is 0.958. The van der Waals surface area contributed by atoms with Crippen molar-refractivity contribution in [3.05, 3.63) is 0 Å². The van der Waals surface area contributed by atoms with E-state index in [2.05, 4.69) is 29.1 Å². The molecule has 17 heavy (non-hydrogen) atoms. The molecule has 0 radical (unpaired) electrons. The molecule has 0 spiro atoms. The van der Waals surface area contributed by atoms with Crippen molar-refractivity contribution < 1.29 is 0 Å². The molecule has 100 valence electrons. The van der Waals surface area contributed by atoms with Crippen molar-refractivity contribution in [1.82, 2.24) is 15.1 Å². The minimum atomic E-state index is 0.740. The first-order valence-corrected chi connectivity index (χ1v) is 7.39. The summed E-state index contributed by atoms with van der Waals surface area (Å²) in [6.07, 6.45) is 5.55. The van der Waals surface area contributed by atoms with Gasteiger partial charge in [-0.3, -0.25) is 4.90 Å². The quantitative estimate of drug-likeness (QED) is 0.800. The first-order chi connectivity index (χ1) is 8.25. The highest BCUT2D eigenvalue weighted by Gasteiger charge is 2.20. The second-order valence-electron chi connectivity index (χ2n) is 6.00. The number of nitrogens with zero attached hydrogens (tertiary/aromatic N) is 2. The van der Waals surface area contributed by atoms with Gasteiger partial charge in [-0.25, -0.2) is 0 Å². The minimum absolute atomic E-state index is 0.740. The fourth-order valence-corrected chi connectivity index (χ4v) is 3.30. The summed E-state index contributed by atoms with van der Waals surface area (Å²) in [5, 5.41) is 3.47. The number of hydrogen-bond donors (Lipinski definition) is 1. The summed E-state index contributed by atoms with van der Waals surface area (Å²) in [7, 11) is 2.25. The van der Waals surface area contributed by atoms with E-state index >= 15 is 0 Å². The number of likely N-dealkylation sites (N-methyl/N-ethyl adjacent to an activating group) is 1. The standard InChI is InChI=1S/C14H29N3/c1-13-12-16(2)8-4-10-17(13)9-3-5-14-6-7-15-11-14/h13-15H,3-12H2,1-2H3. The Labute approximate surface area is 107 Å². The Bertz CT molecular complexity index is 214. The predicted molar refractivity (Wildman–Crippen MR) is 73.4 cm³/mol. The summed E-state index contributed by atoms with van der Waals surface area (Å²) in [5.41, 5.74) is 0. The third-order valence-electron chi connectivity index (χ3n) is 4.40. The molecule has 3 heteroatoms. The van der Waals surface area contributed by atoms with E-state index in [0.29, 0.717) is 0 Å². The Morgan fingerprint density at radius 3 is 2.94 bits per heavy atom. The van der Waals surface area contributed by atoms with Gasteiger partial charge in [-0.2, -0.15) is 0 Å². The topological polar surface area (TPSA) is 18.5 Å². The summed E-state index contributed by atoms with van der Waals surface area (Å²) < 4.78 is 0. The van der Waals surface area contributed by atoms with E-state index in [1.165, 1.54) is 65.0 Å². The molecule has 2 unspecified atom stereocenters. The van der Waals surface area contributed by atoms with Crippen molar-refractivity contribution in [2.75, 3.05) is 46.3 Å². The van der Waals surface area contributed by atoms with Gasteiger partial charge in [0.05, 0.1) is 0 Å². The molecule has 2 rings (SSSR count). The highest BCUT2D eigenvalue weighted by atomic mass is 15.2. The van der Waals surface area contributed by atoms with Crippen LogP contribution in [0.1, 0.15) is 32.6 Å². The van der Waals surface area contributed by atoms with Crippen molar-refractivity contribution in [2.24, 2.45) is 5.92 Å². The maximum atomic E-state index is 3.47. The van der Waals surface area contributed by atoms with E-state index in [1.54, 1.807) is 0 Å².